The standard InChI is InChI=1S/C13H17N3O2/c17-13(18)15-7-8-16-10(9-15)5-6-14-11-3-1-2-4-12(11)16/h1-4,10,14H,5-9H2,(H,17,18). The highest BCUT2D eigenvalue weighted by atomic mass is 16.4. The van der Waals surface area contributed by atoms with Gasteiger partial charge in [0.1, 0.15) is 0 Å². The van der Waals surface area contributed by atoms with Crippen molar-refractivity contribution in [2.75, 3.05) is 36.4 Å². The van der Waals surface area contributed by atoms with Gasteiger partial charge in [0.15, 0.2) is 0 Å². The van der Waals surface area contributed by atoms with Gasteiger partial charge in [0.25, 0.3) is 0 Å². The second-order valence-electron chi connectivity index (χ2n) is 4.81. The lowest BCUT2D eigenvalue weighted by atomic mass is 10.1. The van der Waals surface area contributed by atoms with Crippen LogP contribution in [-0.4, -0.2) is 48.3 Å². The number of carboxylic acid groups (broad SMARTS) is 1. The van der Waals surface area contributed by atoms with E-state index in [0.717, 1.165) is 25.2 Å². The molecule has 1 atom stereocenters. The van der Waals surface area contributed by atoms with Crippen molar-refractivity contribution in [1.82, 2.24) is 4.90 Å². The van der Waals surface area contributed by atoms with Crippen LogP contribution in [0.3, 0.4) is 0 Å². The summed E-state index contributed by atoms with van der Waals surface area (Å²) >= 11 is 0. The van der Waals surface area contributed by atoms with Gasteiger partial charge in [0.05, 0.1) is 11.4 Å². The molecule has 5 heteroatoms. The number of anilines is 2. The van der Waals surface area contributed by atoms with E-state index in [1.54, 1.807) is 0 Å². The van der Waals surface area contributed by atoms with E-state index in [-0.39, 0.29) is 6.04 Å². The summed E-state index contributed by atoms with van der Waals surface area (Å²) in [5.41, 5.74) is 2.36. The highest BCUT2D eigenvalue weighted by Gasteiger charge is 2.31. The number of amides is 1. The Balaban J connectivity index is 1.88. The Morgan fingerprint density at radius 1 is 1.33 bits per heavy atom. The smallest absolute Gasteiger partial charge is 0.407 e. The Kier molecular flexibility index (Phi) is 2.74. The van der Waals surface area contributed by atoms with Crippen LogP contribution in [0.25, 0.3) is 0 Å². The van der Waals surface area contributed by atoms with Crippen molar-refractivity contribution in [2.24, 2.45) is 0 Å². The molecular weight excluding hydrogens is 230 g/mol. The largest absolute Gasteiger partial charge is 0.465 e. The van der Waals surface area contributed by atoms with E-state index in [4.69, 9.17) is 5.11 Å². The molecule has 1 aromatic rings. The molecule has 2 aliphatic rings. The van der Waals surface area contributed by atoms with Crippen molar-refractivity contribution < 1.29 is 9.90 Å². The maximum absolute atomic E-state index is 11.1. The molecule has 1 aromatic carbocycles. The molecule has 0 saturated carbocycles. The van der Waals surface area contributed by atoms with E-state index in [9.17, 15) is 4.79 Å². The molecule has 18 heavy (non-hydrogen) atoms. The lowest BCUT2D eigenvalue weighted by Crippen LogP contribution is -2.54. The molecule has 1 saturated heterocycles. The van der Waals surface area contributed by atoms with Crippen molar-refractivity contribution in [2.45, 2.75) is 12.5 Å². The van der Waals surface area contributed by atoms with E-state index in [2.05, 4.69) is 22.3 Å². The number of piperazine rings is 1. The summed E-state index contributed by atoms with van der Waals surface area (Å²) in [6, 6.07) is 8.54. The van der Waals surface area contributed by atoms with Crippen LogP contribution in [0.2, 0.25) is 0 Å². The minimum Gasteiger partial charge on any atom is -0.465 e. The van der Waals surface area contributed by atoms with Crippen LogP contribution in [0.4, 0.5) is 16.2 Å². The molecule has 2 heterocycles. The van der Waals surface area contributed by atoms with Gasteiger partial charge < -0.3 is 20.2 Å². The first-order valence-corrected chi connectivity index (χ1v) is 6.33. The Labute approximate surface area is 106 Å². The van der Waals surface area contributed by atoms with Crippen molar-refractivity contribution in [3.63, 3.8) is 0 Å². The van der Waals surface area contributed by atoms with Gasteiger partial charge >= 0.3 is 6.09 Å². The maximum Gasteiger partial charge on any atom is 0.407 e. The van der Waals surface area contributed by atoms with Crippen molar-refractivity contribution in [3.05, 3.63) is 24.3 Å². The molecule has 1 fully saturated rings. The highest BCUT2D eigenvalue weighted by molar-refractivity contribution is 5.72. The number of hydrogen-bond donors (Lipinski definition) is 2. The lowest BCUT2D eigenvalue weighted by molar-refractivity contribution is 0.134. The van der Waals surface area contributed by atoms with Gasteiger partial charge in [-0.15, -0.1) is 0 Å². The lowest BCUT2D eigenvalue weighted by Gasteiger charge is -2.41. The van der Waals surface area contributed by atoms with Gasteiger partial charge in [-0.1, -0.05) is 12.1 Å². The van der Waals surface area contributed by atoms with Crippen LogP contribution in [-0.2, 0) is 0 Å². The third kappa shape index (κ3) is 1.85. The number of carbonyl (C=O) groups is 1. The molecule has 0 radical (unpaired) electrons. The fraction of sp³-hybridized carbons (Fsp3) is 0.462. The van der Waals surface area contributed by atoms with Gasteiger partial charge in [-0.2, -0.15) is 0 Å². The van der Waals surface area contributed by atoms with E-state index in [1.165, 1.54) is 10.6 Å². The summed E-state index contributed by atoms with van der Waals surface area (Å²) in [4.78, 5) is 14.9. The molecule has 5 nitrogen and oxygen atoms in total. The second kappa shape index (κ2) is 4.40. The predicted octanol–water partition coefficient (Wildman–Crippen LogP) is 1.67. The summed E-state index contributed by atoms with van der Waals surface area (Å²) < 4.78 is 0. The third-order valence-corrected chi connectivity index (χ3v) is 3.76. The molecule has 2 aliphatic heterocycles. The summed E-state index contributed by atoms with van der Waals surface area (Å²) in [6.07, 6.45) is 0.165. The van der Waals surface area contributed by atoms with E-state index in [0.29, 0.717) is 13.1 Å². The van der Waals surface area contributed by atoms with E-state index < -0.39 is 6.09 Å². The minimum absolute atomic E-state index is 0.283. The van der Waals surface area contributed by atoms with Crippen LogP contribution in [0.15, 0.2) is 24.3 Å². The molecule has 0 bridgehead atoms. The highest BCUT2D eigenvalue weighted by Crippen LogP contribution is 2.32. The zero-order valence-corrected chi connectivity index (χ0v) is 10.2. The topological polar surface area (TPSA) is 55.8 Å². The molecule has 96 valence electrons. The number of rotatable bonds is 0. The van der Waals surface area contributed by atoms with E-state index >= 15 is 0 Å². The van der Waals surface area contributed by atoms with Gasteiger partial charge in [-0.3, -0.25) is 0 Å². The average molecular weight is 247 g/mol. The molecular formula is C13H17N3O2. The van der Waals surface area contributed by atoms with Crippen molar-refractivity contribution >= 4 is 17.5 Å². The van der Waals surface area contributed by atoms with Crippen LogP contribution in [0, 0.1) is 0 Å². The SMILES string of the molecule is O=C(O)N1CCN2c3ccccc3NCCC2C1. The van der Waals surface area contributed by atoms with Crippen LogP contribution >= 0.6 is 0 Å². The fourth-order valence-electron chi connectivity index (χ4n) is 2.84. The number of nitrogens with one attached hydrogen (secondary N) is 1. The third-order valence-electron chi connectivity index (χ3n) is 3.76. The Bertz CT molecular complexity index is 463. The Morgan fingerprint density at radius 3 is 3.00 bits per heavy atom. The second-order valence-corrected chi connectivity index (χ2v) is 4.81. The number of para-hydroxylation sites is 2. The Morgan fingerprint density at radius 2 is 2.17 bits per heavy atom. The molecule has 1 unspecified atom stereocenters. The number of hydrogen-bond acceptors (Lipinski definition) is 3. The number of nitrogens with zero attached hydrogens (tertiary/aromatic N) is 2. The van der Waals surface area contributed by atoms with Gasteiger partial charge in [-0.05, 0) is 18.6 Å². The quantitative estimate of drug-likeness (QED) is 0.732. The molecule has 2 N–H and O–H groups in total. The zero-order chi connectivity index (χ0) is 12.5. The summed E-state index contributed by atoms with van der Waals surface area (Å²) in [7, 11) is 0. The van der Waals surface area contributed by atoms with Crippen LogP contribution < -0.4 is 10.2 Å². The monoisotopic (exact) mass is 247 g/mol. The molecule has 0 spiro atoms. The normalized spacial score (nSPS) is 22.6. The maximum atomic E-state index is 11.1. The zero-order valence-electron chi connectivity index (χ0n) is 10.2. The molecule has 0 aliphatic carbocycles. The number of benzene rings is 1. The fourth-order valence-corrected chi connectivity index (χ4v) is 2.84. The first-order valence-electron chi connectivity index (χ1n) is 6.33. The molecule has 1 amide bonds. The van der Waals surface area contributed by atoms with Crippen LogP contribution in [0.1, 0.15) is 6.42 Å². The molecule has 3 rings (SSSR count). The Hall–Kier alpha value is -1.91. The molecule has 0 aromatic heterocycles. The first-order chi connectivity index (χ1) is 8.75. The average Bonchev–Trinajstić information content (AvgIpc) is 2.57. The van der Waals surface area contributed by atoms with Gasteiger partial charge in [0, 0.05) is 32.2 Å². The van der Waals surface area contributed by atoms with Gasteiger partial charge in [0.2, 0.25) is 0 Å². The van der Waals surface area contributed by atoms with Crippen LogP contribution in [0.5, 0.6) is 0 Å². The van der Waals surface area contributed by atoms with Gasteiger partial charge in [-0.25, -0.2) is 4.79 Å². The first kappa shape index (κ1) is 11.2. The minimum atomic E-state index is -0.805. The van der Waals surface area contributed by atoms with Crippen molar-refractivity contribution in [1.29, 1.82) is 0 Å². The van der Waals surface area contributed by atoms with Crippen molar-refractivity contribution in [3.8, 4) is 0 Å². The summed E-state index contributed by atoms with van der Waals surface area (Å²) in [5, 5.41) is 12.5. The number of fused-ring (bicyclic) bond motifs is 3. The predicted molar refractivity (Wildman–Crippen MR) is 70.3 cm³/mol. The summed E-state index contributed by atoms with van der Waals surface area (Å²) in [6.45, 7) is 2.85. The summed E-state index contributed by atoms with van der Waals surface area (Å²) in [5.74, 6) is 0. The van der Waals surface area contributed by atoms with E-state index in [1.807, 2.05) is 12.1 Å².